The number of carbonyl (C=O) groups excluding carboxylic acids is 2. The van der Waals surface area contributed by atoms with Crippen molar-refractivity contribution < 1.29 is 19.4 Å². The van der Waals surface area contributed by atoms with Gasteiger partial charge in [-0.3, -0.25) is 9.59 Å². The van der Waals surface area contributed by atoms with Gasteiger partial charge < -0.3 is 15.2 Å². The summed E-state index contributed by atoms with van der Waals surface area (Å²) < 4.78 is 5.31. The number of esters is 1. The number of halogens is 1. The van der Waals surface area contributed by atoms with Gasteiger partial charge in [-0.25, -0.2) is 0 Å². The van der Waals surface area contributed by atoms with Gasteiger partial charge in [0.05, 0.1) is 11.1 Å². The molecule has 0 saturated heterocycles. The summed E-state index contributed by atoms with van der Waals surface area (Å²) in [5.74, 6) is -0.538. The first-order valence-corrected chi connectivity index (χ1v) is 6.76. The topological polar surface area (TPSA) is 75.6 Å². The number of phenols is 1. The van der Waals surface area contributed by atoms with Gasteiger partial charge in [0, 0.05) is 18.5 Å². The van der Waals surface area contributed by atoms with E-state index in [4.69, 9.17) is 4.74 Å². The van der Waals surface area contributed by atoms with E-state index in [2.05, 4.69) is 21.2 Å². The molecule has 1 aromatic rings. The van der Waals surface area contributed by atoms with E-state index >= 15 is 0 Å². The fraction of sp³-hybridized carbons (Fsp3) is 0.385. The molecule has 1 amide bonds. The number of phenolic OH excluding ortho intramolecular Hbond substituents is 1. The molecule has 6 heteroatoms. The number of rotatable bonds is 6. The molecule has 0 unspecified atom stereocenters. The zero-order valence-corrected chi connectivity index (χ0v) is 12.2. The summed E-state index contributed by atoms with van der Waals surface area (Å²) in [5, 5.41) is 12.1. The van der Waals surface area contributed by atoms with E-state index in [0.29, 0.717) is 29.6 Å². The monoisotopic (exact) mass is 329 g/mol. The lowest BCUT2D eigenvalue weighted by atomic mass is 10.2. The molecule has 19 heavy (non-hydrogen) atoms. The van der Waals surface area contributed by atoms with Crippen molar-refractivity contribution in [3.8, 4) is 5.75 Å². The van der Waals surface area contributed by atoms with Gasteiger partial charge >= 0.3 is 5.97 Å². The quantitative estimate of drug-likeness (QED) is 0.619. The molecule has 0 atom stereocenters. The van der Waals surface area contributed by atoms with E-state index in [0.717, 1.165) is 0 Å². The number of carbonyl (C=O) groups is 2. The summed E-state index contributed by atoms with van der Waals surface area (Å²) in [6.45, 7) is 2.50. The van der Waals surface area contributed by atoms with Gasteiger partial charge in [0.25, 0.3) is 5.91 Å². The van der Waals surface area contributed by atoms with Crippen LogP contribution in [0, 0.1) is 0 Å². The number of hydrogen-bond acceptors (Lipinski definition) is 4. The Bertz CT molecular complexity index is 462. The molecule has 1 rings (SSSR count). The minimum Gasteiger partial charge on any atom is -0.507 e. The Kier molecular flexibility index (Phi) is 6.35. The lowest BCUT2D eigenvalue weighted by Gasteiger charge is -2.06. The standard InChI is InChI=1S/C13H16BrNO4/c1-2-19-12(17)4-3-7-15-13(18)9-5-6-10(14)11(16)8-9/h5-6,8,16H,2-4,7H2,1H3,(H,15,18). The van der Waals surface area contributed by atoms with Crippen LogP contribution in [0.3, 0.4) is 0 Å². The van der Waals surface area contributed by atoms with Crippen molar-refractivity contribution in [2.45, 2.75) is 19.8 Å². The van der Waals surface area contributed by atoms with Crippen LogP contribution in [0.15, 0.2) is 22.7 Å². The van der Waals surface area contributed by atoms with Crippen LogP contribution in [0.25, 0.3) is 0 Å². The molecule has 0 fully saturated rings. The number of aromatic hydroxyl groups is 1. The summed E-state index contributed by atoms with van der Waals surface area (Å²) >= 11 is 3.14. The van der Waals surface area contributed by atoms with Crippen molar-refractivity contribution in [3.05, 3.63) is 28.2 Å². The number of amides is 1. The molecule has 0 heterocycles. The zero-order chi connectivity index (χ0) is 14.3. The van der Waals surface area contributed by atoms with Crippen LogP contribution >= 0.6 is 15.9 Å². The summed E-state index contributed by atoms with van der Waals surface area (Å²) in [7, 11) is 0. The summed E-state index contributed by atoms with van der Waals surface area (Å²) in [5.41, 5.74) is 0.372. The minimum atomic E-state index is -0.286. The van der Waals surface area contributed by atoms with Gasteiger partial charge in [0.2, 0.25) is 0 Å². The van der Waals surface area contributed by atoms with Crippen LogP contribution < -0.4 is 5.32 Å². The predicted octanol–water partition coefficient (Wildman–Crippen LogP) is 2.23. The third kappa shape index (κ3) is 5.30. The lowest BCUT2D eigenvalue weighted by Crippen LogP contribution is -2.25. The predicted molar refractivity (Wildman–Crippen MR) is 74.0 cm³/mol. The maximum Gasteiger partial charge on any atom is 0.305 e. The van der Waals surface area contributed by atoms with Crippen molar-refractivity contribution in [2.24, 2.45) is 0 Å². The Morgan fingerprint density at radius 2 is 2.16 bits per heavy atom. The van der Waals surface area contributed by atoms with Crippen molar-refractivity contribution in [3.63, 3.8) is 0 Å². The lowest BCUT2D eigenvalue weighted by molar-refractivity contribution is -0.143. The van der Waals surface area contributed by atoms with Crippen molar-refractivity contribution >= 4 is 27.8 Å². The van der Waals surface area contributed by atoms with Gasteiger partial charge in [0.15, 0.2) is 0 Å². The number of benzene rings is 1. The van der Waals surface area contributed by atoms with Crippen LogP contribution in [0.1, 0.15) is 30.1 Å². The summed E-state index contributed by atoms with van der Waals surface area (Å²) in [6.07, 6.45) is 0.798. The highest BCUT2D eigenvalue weighted by Gasteiger charge is 2.08. The van der Waals surface area contributed by atoms with Crippen LogP contribution in [0.2, 0.25) is 0 Å². The van der Waals surface area contributed by atoms with Gasteiger partial charge in [-0.15, -0.1) is 0 Å². The molecular weight excluding hydrogens is 314 g/mol. The van der Waals surface area contributed by atoms with Crippen molar-refractivity contribution in [1.82, 2.24) is 5.32 Å². The maximum absolute atomic E-state index is 11.7. The second-order valence-electron chi connectivity index (χ2n) is 3.83. The van der Waals surface area contributed by atoms with E-state index < -0.39 is 0 Å². The highest BCUT2D eigenvalue weighted by Crippen LogP contribution is 2.24. The Labute approximate surface area is 120 Å². The largest absolute Gasteiger partial charge is 0.507 e. The highest BCUT2D eigenvalue weighted by molar-refractivity contribution is 9.10. The first kappa shape index (κ1) is 15.5. The summed E-state index contributed by atoms with van der Waals surface area (Å²) in [4.78, 5) is 22.8. The van der Waals surface area contributed by atoms with Crippen LogP contribution in [-0.4, -0.2) is 30.1 Å². The van der Waals surface area contributed by atoms with E-state index in [-0.39, 0.29) is 24.0 Å². The molecule has 0 saturated carbocycles. The average Bonchev–Trinajstić information content (AvgIpc) is 2.38. The fourth-order valence-electron chi connectivity index (χ4n) is 1.42. The first-order chi connectivity index (χ1) is 9.04. The van der Waals surface area contributed by atoms with E-state index in [1.54, 1.807) is 19.1 Å². The van der Waals surface area contributed by atoms with Crippen LogP contribution in [-0.2, 0) is 9.53 Å². The van der Waals surface area contributed by atoms with Crippen molar-refractivity contribution in [2.75, 3.05) is 13.2 Å². The second kappa shape index (κ2) is 7.78. The molecule has 104 valence electrons. The zero-order valence-electron chi connectivity index (χ0n) is 10.6. The Balaban J connectivity index is 2.35. The molecule has 0 aromatic heterocycles. The molecule has 5 nitrogen and oxygen atoms in total. The number of ether oxygens (including phenoxy) is 1. The van der Waals surface area contributed by atoms with E-state index in [1.807, 2.05) is 0 Å². The van der Waals surface area contributed by atoms with Gasteiger partial charge in [0.1, 0.15) is 5.75 Å². The minimum absolute atomic E-state index is 0.0131. The van der Waals surface area contributed by atoms with Gasteiger partial charge in [-0.05, 0) is 47.5 Å². The smallest absolute Gasteiger partial charge is 0.305 e. The number of hydrogen-bond donors (Lipinski definition) is 2. The molecule has 2 N–H and O–H groups in total. The Morgan fingerprint density at radius 3 is 2.79 bits per heavy atom. The fourth-order valence-corrected chi connectivity index (χ4v) is 1.67. The molecule has 0 aliphatic rings. The molecule has 0 spiro atoms. The SMILES string of the molecule is CCOC(=O)CCCNC(=O)c1ccc(Br)c(O)c1. The molecule has 0 aliphatic carbocycles. The van der Waals surface area contributed by atoms with Crippen molar-refractivity contribution in [1.29, 1.82) is 0 Å². The van der Waals surface area contributed by atoms with Gasteiger partial charge in [-0.2, -0.15) is 0 Å². The number of nitrogens with one attached hydrogen (secondary N) is 1. The molecule has 0 aliphatic heterocycles. The molecular formula is C13H16BrNO4. The Hall–Kier alpha value is -1.56. The second-order valence-corrected chi connectivity index (χ2v) is 4.69. The Morgan fingerprint density at radius 1 is 1.42 bits per heavy atom. The average molecular weight is 330 g/mol. The van der Waals surface area contributed by atoms with E-state index in [9.17, 15) is 14.7 Å². The van der Waals surface area contributed by atoms with E-state index in [1.165, 1.54) is 6.07 Å². The van der Waals surface area contributed by atoms with Crippen LogP contribution in [0.5, 0.6) is 5.75 Å². The third-order valence-electron chi connectivity index (χ3n) is 2.36. The highest BCUT2D eigenvalue weighted by atomic mass is 79.9. The van der Waals surface area contributed by atoms with Crippen LogP contribution in [0.4, 0.5) is 0 Å². The molecule has 1 aromatic carbocycles. The normalized spacial score (nSPS) is 10.0. The molecule has 0 radical (unpaired) electrons. The molecule has 0 bridgehead atoms. The third-order valence-corrected chi connectivity index (χ3v) is 3.03. The first-order valence-electron chi connectivity index (χ1n) is 5.97. The summed E-state index contributed by atoms with van der Waals surface area (Å²) in [6, 6.07) is 4.58. The maximum atomic E-state index is 11.7. The van der Waals surface area contributed by atoms with Gasteiger partial charge in [-0.1, -0.05) is 0 Å².